The Bertz CT molecular complexity index is 525. The molecule has 116 valence electrons. The lowest BCUT2D eigenvalue weighted by atomic mass is 9.95. The highest BCUT2D eigenvalue weighted by Gasteiger charge is 2.41. The van der Waals surface area contributed by atoms with Crippen molar-refractivity contribution in [3.8, 4) is 0 Å². The third-order valence-electron chi connectivity index (χ3n) is 3.69. The van der Waals surface area contributed by atoms with E-state index >= 15 is 0 Å². The second kappa shape index (κ2) is 6.24. The lowest BCUT2D eigenvalue weighted by molar-refractivity contribution is -0.152. The van der Waals surface area contributed by atoms with Gasteiger partial charge in [-0.3, -0.25) is 14.3 Å². The maximum absolute atomic E-state index is 12.6. The summed E-state index contributed by atoms with van der Waals surface area (Å²) < 4.78 is 1.59. The van der Waals surface area contributed by atoms with Gasteiger partial charge in [0.05, 0.1) is 6.54 Å². The van der Waals surface area contributed by atoms with Gasteiger partial charge in [-0.25, -0.2) is 0 Å². The van der Waals surface area contributed by atoms with Crippen molar-refractivity contribution in [3.05, 3.63) is 11.9 Å². The Balaban J connectivity index is 2.25. The van der Waals surface area contributed by atoms with Crippen LogP contribution in [-0.2, 0) is 23.2 Å². The Labute approximate surface area is 124 Å². The fourth-order valence-electron chi connectivity index (χ4n) is 2.76. The van der Waals surface area contributed by atoms with Crippen LogP contribution in [0.5, 0.6) is 0 Å². The lowest BCUT2D eigenvalue weighted by Gasteiger charge is -2.40. The molecule has 2 unspecified atom stereocenters. The largest absolute Gasteiger partial charge is 0.342 e. The molecule has 0 aromatic carbocycles. The number of hydrogen-bond donors (Lipinski definition) is 1. The molecule has 0 spiro atoms. The highest BCUT2D eigenvalue weighted by Crippen LogP contribution is 2.21. The maximum Gasteiger partial charge on any atom is 0.246 e. The molecule has 1 fully saturated rings. The van der Waals surface area contributed by atoms with Crippen molar-refractivity contribution >= 4 is 11.8 Å². The van der Waals surface area contributed by atoms with E-state index in [4.69, 9.17) is 0 Å². The molecule has 2 amide bonds. The predicted octanol–water partition coefficient (Wildman–Crippen LogP) is 0.467. The number of amides is 2. The van der Waals surface area contributed by atoms with Gasteiger partial charge in [0.15, 0.2) is 0 Å². The Hall–Kier alpha value is -1.92. The second-order valence-electron chi connectivity index (χ2n) is 5.89. The second-order valence-corrected chi connectivity index (χ2v) is 5.89. The van der Waals surface area contributed by atoms with Crippen molar-refractivity contribution in [3.63, 3.8) is 0 Å². The van der Waals surface area contributed by atoms with Crippen molar-refractivity contribution in [2.75, 3.05) is 0 Å². The van der Waals surface area contributed by atoms with E-state index in [1.807, 2.05) is 20.8 Å². The van der Waals surface area contributed by atoms with Gasteiger partial charge in [-0.1, -0.05) is 32.4 Å². The molecule has 1 N–H and O–H groups in total. The van der Waals surface area contributed by atoms with Gasteiger partial charge in [0, 0.05) is 13.2 Å². The molecule has 2 rings (SSSR count). The molecule has 1 aliphatic rings. The van der Waals surface area contributed by atoms with Crippen LogP contribution in [0.3, 0.4) is 0 Å². The molecular weight excluding hydrogens is 270 g/mol. The van der Waals surface area contributed by atoms with Gasteiger partial charge in [-0.15, -0.1) is 5.10 Å². The van der Waals surface area contributed by atoms with Gasteiger partial charge in [0.1, 0.15) is 17.8 Å². The molecule has 0 saturated carbocycles. The zero-order chi connectivity index (χ0) is 15.6. The van der Waals surface area contributed by atoms with Crippen molar-refractivity contribution < 1.29 is 9.59 Å². The van der Waals surface area contributed by atoms with Crippen LogP contribution in [-0.4, -0.2) is 43.8 Å². The maximum atomic E-state index is 12.6. The Morgan fingerprint density at radius 2 is 2.10 bits per heavy atom. The number of nitrogens with zero attached hydrogens (tertiary/aromatic N) is 4. The van der Waals surface area contributed by atoms with Crippen molar-refractivity contribution in [2.45, 2.75) is 52.2 Å². The average molecular weight is 293 g/mol. The summed E-state index contributed by atoms with van der Waals surface area (Å²) in [6.45, 7) is 6.22. The van der Waals surface area contributed by atoms with Gasteiger partial charge in [-0.2, -0.15) is 0 Å². The molecule has 0 bridgehead atoms. The number of carbonyl (C=O) groups excluding carboxylic acids is 2. The monoisotopic (exact) mass is 293 g/mol. The SMILES string of the molecule is CCCC1NC(=O)C(C(C)C)N(Cc2cn(C)nn2)C1=O. The van der Waals surface area contributed by atoms with Gasteiger partial charge in [0.25, 0.3) is 0 Å². The Morgan fingerprint density at radius 3 is 2.62 bits per heavy atom. The highest BCUT2D eigenvalue weighted by molar-refractivity contribution is 5.97. The quantitative estimate of drug-likeness (QED) is 0.855. The molecule has 2 heterocycles. The normalized spacial score (nSPS) is 22.8. The van der Waals surface area contributed by atoms with Gasteiger partial charge in [0.2, 0.25) is 11.8 Å². The fourth-order valence-corrected chi connectivity index (χ4v) is 2.76. The van der Waals surface area contributed by atoms with Crippen LogP contribution in [0.15, 0.2) is 6.20 Å². The number of aromatic nitrogens is 3. The van der Waals surface area contributed by atoms with E-state index in [9.17, 15) is 9.59 Å². The summed E-state index contributed by atoms with van der Waals surface area (Å²) in [4.78, 5) is 26.6. The van der Waals surface area contributed by atoms with Gasteiger partial charge >= 0.3 is 0 Å². The van der Waals surface area contributed by atoms with Crippen molar-refractivity contribution in [2.24, 2.45) is 13.0 Å². The lowest BCUT2D eigenvalue weighted by Crippen LogP contribution is -2.64. The van der Waals surface area contributed by atoms with Crippen molar-refractivity contribution in [1.82, 2.24) is 25.2 Å². The number of piperazine rings is 1. The van der Waals surface area contributed by atoms with E-state index < -0.39 is 12.1 Å². The highest BCUT2D eigenvalue weighted by atomic mass is 16.2. The van der Waals surface area contributed by atoms with Crippen LogP contribution < -0.4 is 5.32 Å². The molecule has 7 heteroatoms. The molecule has 21 heavy (non-hydrogen) atoms. The Kier molecular flexibility index (Phi) is 4.59. The first kappa shape index (κ1) is 15.5. The topological polar surface area (TPSA) is 80.1 Å². The van der Waals surface area contributed by atoms with Crippen LogP contribution in [0, 0.1) is 5.92 Å². The third kappa shape index (κ3) is 3.22. The molecular formula is C14H23N5O2. The van der Waals surface area contributed by atoms with Gasteiger partial charge < -0.3 is 10.2 Å². The number of carbonyl (C=O) groups is 2. The van der Waals surface area contributed by atoms with E-state index in [2.05, 4.69) is 15.6 Å². The minimum atomic E-state index is -0.451. The van der Waals surface area contributed by atoms with Crippen LogP contribution in [0.1, 0.15) is 39.3 Å². The van der Waals surface area contributed by atoms with E-state index in [1.165, 1.54) is 0 Å². The third-order valence-corrected chi connectivity index (χ3v) is 3.69. The first-order chi connectivity index (χ1) is 9.93. The van der Waals surface area contributed by atoms with Crippen LogP contribution in [0.2, 0.25) is 0 Å². The number of aryl methyl sites for hydroxylation is 1. The smallest absolute Gasteiger partial charge is 0.246 e. The summed E-state index contributed by atoms with van der Waals surface area (Å²) in [7, 11) is 1.78. The van der Waals surface area contributed by atoms with Crippen LogP contribution in [0.25, 0.3) is 0 Å². The standard InChI is InChI=1S/C14H23N5O2/c1-5-6-11-14(21)19(8-10-7-18(4)17-16-10)12(9(2)3)13(20)15-11/h7,9,11-12H,5-6,8H2,1-4H3,(H,15,20). The van der Waals surface area contributed by atoms with E-state index in [-0.39, 0.29) is 17.7 Å². The first-order valence-corrected chi connectivity index (χ1v) is 7.40. The summed E-state index contributed by atoms with van der Waals surface area (Å²) in [6, 6.07) is -0.873. The number of hydrogen-bond acceptors (Lipinski definition) is 4. The zero-order valence-electron chi connectivity index (χ0n) is 13.0. The fraction of sp³-hybridized carbons (Fsp3) is 0.714. The first-order valence-electron chi connectivity index (χ1n) is 7.40. The molecule has 1 aromatic heterocycles. The van der Waals surface area contributed by atoms with E-state index in [0.717, 1.165) is 6.42 Å². The summed E-state index contributed by atoms with van der Waals surface area (Å²) in [5.41, 5.74) is 0.696. The zero-order valence-corrected chi connectivity index (χ0v) is 13.0. The summed E-state index contributed by atoms with van der Waals surface area (Å²) in [5.74, 6) is -0.0547. The molecule has 1 aromatic rings. The predicted molar refractivity (Wildman–Crippen MR) is 77.0 cm³/mol. The Morgan fingerprint density at radius 1 is 1.38 bits per heavy atom. The minimum absolute atomic E-state index is 0.0270. The summed E-state index contributed by atoms with van der Waals surface area (Å²) in [6.07, 6.45) is 3.28. The molecule has 2 atom stereocenters. The number of rotatable bonds is 5. The summed E-state index contributed by atoms with van der Waals surface area (Å²) in [5, 5.41) is 10.7. The summed E-state index contributed by atoms with van der Waals surface area (Å²) >= 11 is 0. The van der Waals surface area contributed by atoms with E-state index in [0.29, 0.717) is 18.7 Å². The van der Waals surface area contributed by atoms with E-state index in [1.54, 1.807) is 22.8 Å². The molecule has 7 nitrogen and oxygen atoms in total. The molecule has 1 aliphatic heterocycles. The number of nitrogens with one attached hydrogen (secondary N) is 1. The van der Waals surface area contributed by atoms with Crippen LogP contribution >= 0.6 is 0 Å². The molecule has 0 radical (unpaired) electrons. The van der Waals surface area contributed by atoms with Crippen molar-refractivity contribution in [1.29, 1.82) is 0 Å². The average Bonchev–Trinajstić information content (AvgIpc) is 2.80. The molecule has 0 aliphatic carbocycles. The molecule has 1 saturated heterocycles. The minimum Gasteiger partial charge on any atom is -0.342 e. The van der Waals surface area contributed by atoms with Crippen LogP contribution in [0.4, 0.5) is 0 Å². The van der Waals surface area contributed by atoms with Gasteiger partial charge in [-0.05, 0) is 12.3 Å².